The second kappa shape index (κ2) is 7.97. The fraction of sp³-hybridized carbons (Fsp3) is 0.118. The lowest BCUT2D eigenvalue weighted by Crippen LogP contribution is -2.22. The fourth-order valence-electron chi connectivity index (χ4n) is 2.21. The Balaban J connectivity index is 2.57. The molecule has 1 amide bonds. The molecule has 2 aromatic rings. The van der Waals surface area contributed by atoms with Crippen LogP contribution in [0.4, 0.5) is 22.0 Å². The highest BCUT2D eigenvalue weighted by Gasteiger charge is 2.29. The van der Waals surface area contributed by atoms with E-state index in [4.69, 9.17) is 10.5 Å². The number of primary amides is 1. The molecule has 0 aliphatic heterocycles. The van der Waals surface area contributed by atoms with Crippen LogP contribution in [0.15, 0.2) is 29.2 Å². The quantitative estimate of drug-likeness (QED) is 0.336. The number of amides is 1. The molecule has 0 saturated heterocycles. The first-order chi connectivity index (χ1) is 13.0. The van der Waals surface area contributed by atoms with Crippen LogP contribution in [-0.4, -0.2) is 21.4 Å². The maximum Gasteiger partial charge on any atom is 0.260 e. The number of carbonyl (C=O) groups is 1. The number of rotatable bonds is 6. The van der Waals surface area contributed by atoms with Crippen molar-refractivity contribution in [3.05, 3.63) is 69.4 Å². The molecule has 0 saturated carbocycles. The zero-order valence-electron chi connectivity index (χ0n) is 14.1. The molecule has 0 aromatic heterocycles. The van der Waals surface area contributed by atoms with Crippen molar-refractivity contribution in [2.75, 3.05) is 7.11 Å². The SMILES string of the molecule is COc1ccc(CS(=O)(=O)C(=Cc2c(F)c(F)c(F)c(F)c2F)C(N)=O)cc1. The molecule has 28 heavy (non-hydrogen) atoms. The summed E-state index contributed by atoms with van der Waals surface area (Å²) in [6.45, 7) is 0. The predicted molar refractivity (Wildman–Crippen MR) is 89.0 cm³/mol. The molecule has 0 spiro atoms. The number of sulfone groups is 1. The van der Waals surface area contributed by atoms with Crippen molar-refractivity contribution in [3.63, 3.8) is 0 Å². The maximum absolute atomic E-state index is 13.8. The second-order valence-corrected chi connectivity index (χ2v) is 7.42. The first-order valence-electron chi connectivity index (χ1n) is 7.38. The Hall–Kier alpha value is -2.95. The number of hydrogen-bond acceptors (Lipinski definition) is 4. The van der Waals surface area contributed by atoms with Gasteiger partial charge in [-0.1, -0.05) is 12.1 Å². The molecule has 0 unspecified atom stereocenters. The first kappa shape index (κ1) is 21.4. The van der Waals surface area contributed by atoms with Crippen molar-refractivity contribution in [3.8, 4) is 5.75 Å². The average Bonchev–Trinajstić information content (AvgIpc) is 2.64. The summed E-state index contributed by atoms with van der Waals surface area (Å²) in [5.74, 6) is -13.6. The van der Waals surface area contributed by atoms with Crippen LogP contribution in [0.1, 0.15) is 11.1 Å². The number of hydrogen-bond donors (Lipinski definition) is 1. The Kier molecular flexibility index (Phi) is 6.07. The third-order valence-corrected chi connectivity index (χ3v) is 5.32. The van der Waals surface area contributed by atoms with E-state index in [0.717, 1.165) is 0 Å². The zero-order chi connectivity index (χ0) is 21.2. The minimum atomic E-state index is -4.59. The Bertz CT molecular complexity index is 1040. The minimum Gasteiger partial charge on any atom is -0.497 e. The van der Waals surface area contributed by atoms with Crippen LogP contribution < -0.4 is 10.5 Å². The highest BCUT2D eigenvalue weighted by atomic mass is 32.2. The van der Waals surface area contributed by atoms with Crippen molar-refractivity contribution in [1.82, 2.24) is 0 Å². The van der Waals surface area contributed by atoms with E-state index in [1.165, 1.54) is 31.4 Å². The van der Waals surface area contributed by atoms with Gasteiger partial charge in [-0.25, -0.2) is 30.4 Å². The number of halogens is 5. The Morgan fingerprint density at radius 2 is 1.43 bits per heavy atom. The first-order valence-corrected chi connectivity index (χ1v) is 9.03. The van der Waals surface area contributed by atoms with Gasteiger partial charge < -0.3 is 10.5 Å². The molecule has 0 aliphatic rings. The molecule has 11 heteroatoms. The van der Waals surface area contributed by atoms with E-state index in [9.17, 15) is 35.2 Å². The molecule has 5 nitrogen and oxygen atoms in total. The van der Waals surface area contributed by atoms with Crippen LogP contribution in [0.25, 0.3) is 6.08 Å². The Labute approximate surface area is 156 Å². The second-order valence-electron chi connectivity index (χ2n) is 5.46. The predicted octanol–water partition coefficient (Wildman–Crippen LogP) is 2.83. The summed E-state index contributed by atoms with van der Waals surface area (Å²) < 4.78 is 97.1. The van der Waals surface area contributed by atoms with Crippen molar-refractivity contribution < 1.29 is 39.9 Å². The Morgan fingerprint density at radius 1 is 0.964 bits per heavy atom. The topological polar surface area (TPSA) is 86.5 Å². The van der Waals surface area contributed by atoms with Crippen LogP contribution >= 0.6 is 0 Å². The standard InChI is InChI=1S/C17H12F5NO4S/c1-27-9-4-2-8(3-5-9)7-28(25,26)11(17(23)24)6-10-12(18)14(20)16(22)15(21)13(10)19/h2-6H,7H2,1H3,(H2,23,24). The van der Waals surface area contributed by atoms with Gasteiger partial charge >= 0.3 is 0 Å². The van der Waals surface area contributed by atoms with Gasteiger partial charge in [0.1, 0.15) is 10.7 Å². The van der Waals surface area contributed by atoms with Crippen molar-refractivity contribution in [2.24, 2.45) is 5.73 Å². The summed E-state index contributed by atoms with van der Waals surface area (Å²) in [5.41, 5.74) is 3.53. The summed E-state index contributed by atoms with van der Waals surface area (Å²) in [6.07, 6.45) is 0.0253. The summed E-state index contributed by atoms with van der Waals surface area (Å²) in [4.78, 5) is 10.2. The molecule has 0 bridgehead atoms. The van der Waals surface area contributed by atoms with Gasteiger partial charge in [0.05, 0.1) is 18.4 Å². The summed E-state index contributed by atoms with van der Waals surface area (Å²) in [5, 5.41) is 0. The molecule has 2 aromatic carbocycles. The van der Waals surface area contributed by atoms with E-state index < -0.39 is 61.1 Å². The van der Waals surface area contributed by atoms with Crippen LogP contribution in [0, 0.1) is 29.1 Å². The molecule has 0 fully saturated rings. The molecule has 2 rings (SSSR count). The van der Waals surface area contributed by atoms with Gasteiger partial charge in [0, 0.05) is 0 Å². The molecule has 0 heterocycles. The third kappa shape index (κ3) is 4.14. The van der Waals surface area contributed by atoms with Crippen LogP contribution in [-0.2, 0) is 20.4 Å². The van der Waals surface area contributed by atoms with Crippen LogP contribution in [0.3, 0.4) is 0 Å². The molecular weight excluding hydrogens is 409 g/mol. The Morgan fingerprint density at radius 3 is 1.86 bits per heavy atom. The lowest BCUT2D eigenvalue weighted by Gasteiger charge is -2.09. The van der Waals surface area contributed by atoms with E-state index >= 15 is 0 Å². The molecular formula is C17H12F5NO4S. The van der Waals surface area contributed by atoms with E-state index in [2.05, 4.69) is 0 Å². The zero-order valence-corrected chi connectivity index (χ0v) is 14.9. The lowest BCUT2D eigenvalue weighted by atomic mass is 10.1. The van der Waals surface area contributed by atoms with Crippen molar-refractivity contribution in [1.29, 1.82) is 0 Å². The van der Waals surface area contributed by atoms with Crippen LogP contribution in [0.2, 0.25) is 0 Å². The summed E-state index contributed by atoms with van der Waals surface area (Å²) in [7, 11) is -3.21. The van der Waals surface area contributed by atoms with Gasteiger partial charge in [0.15, 0.2) is 33.1 Å². The molecule has 0 aliphatic carbocycles. The molecule has 2 N–H and O–H groups in total. The molecule has 0 atom stereocenters. The smallest absolute Gasteiger partial charge is 0.260 e. The molecule has 0 radical (unpaired) electrons. The number of methoxy groups -OCH3 is 1. The average molecular weight is 421 g/mol. The lowest BCUT2D eigenvalue weighted by molar-refractivity contribution is -0.113. The minimum absolute atomic E-state index is 0.0253. The van der Waals surface area contributed by atoms with E-state index in [1.807, 2.05) is 0 Å². The third-order valence-electron chi connectivity index (χ3n) is 3.61. The number of nitrogens with two attached hydrogens (primary N) is 1. The largest absolute Gasteiger partial charge is 0.497 e. The normalized spacial score (nSPS) is 12.1. The van der Waals surface area contributed by atoms with Gasteiger partial charge in [-0.15, -0.1) is 0 Å². The number of ether oxygens (including phenoxy) is 1. The van der Waals surface area contributed by atoms with Crippen molar-refractivity contribution >= 4 is 21.8 Å². The highest BCUT2D eigenvalue weighted by molar-refractivity contribution is 7.95. The van der Waals surface area contributed by atoms with Gasteiger partial charge in [-0.3, -0.25) is 4.79 Å². The maximum atomic E-state index is 13.8. The monoisotopic (exact) mass is 421 g/mol. The van der Waals surface area contributed by atoms with Gasteiger partial charge in [-0.05, 0) is 23.8 Å². The summed E-state index contributed by atoms with van der Waals surface area (Å²) >= 11 is 0. The van der Waals surface area contributed by atoms with E-state index in [-0.39, 0.29) is 11.6 Å². The summed E-state index contributed by atoms with van der Waals surface area (Å²) in [6, 6.07) is 5.52. The van der Waals surface area contributed by atoms with Gasteiger partial charge in [-0.2, -0.15) is 0 Å². The van der Waals surface area contributed by atoms with E-state index in [0.29, 0.717) is 5.75 Å². The van der Waals surface area contributed by atoms with Gasteiger partial charge in [0.2, 0.25) is 5.82 Å². The van der Waals surface area contributed by atoms with Crippen molar-refractivity contribution in [2.45, 2.75) is 5.75 Å². The highest BCUT2D eigenvalue weighted by Crippen LogP contribution is 2.27. The van der Waals surface area contributed by atoms with E-state index in [1.54, 1.807) is 0 Å². The molecule has 150 valence electrons. The number of benzene rings is 2. The van der Waals surface area contributed by atoms with Gasteiger partial charge in [0.25, 0.3) is 5.91 Å². The number of carbonyl (C=O) groups excluding carboxylic acids is 1. The van der Waals surface area contributed by atoms with Crippen LogP contribution in [0.5, 0.6) is 5.75 Å². The fourth-order valence-corrected chi connectivity index (χ4v) is 3.60.